The summed E-state index contributed by atoms with van der Waals surface area (Å²) in [6.07, 6.45) is 0. The highest BCUT2D eigenvalue weighted by Crippen LogP contribution is 2.46. The van der Waals surface area contributed by atoms with E-state index in [1.807, 2.05) is 60.5 Å². The van der Waals surface area contributed by atoms with E-state index in [1.54, 1.807) is 11.3 Å². The second-order valence-electron chi connectivity index (χ2n) is 5.58. The van der Waals surface area contributed by atoms with Crippen molar-refractivity contribution in [3.63, 3.8) is 0 Å². The maximum atomic E-state index is 12.7. The van der Waals surface area contributed by atoms with Gasteiger partial charge in [-0.1, -0.05) is 47.8 Å². The van der Waals surface area contributed by atoms with Gasteiger partial charge in [-0.3, -0.25) is 4.79 Å². The molecule has 0 amide bonds. The highest BCUT2D eigenvalue weighted by atomic mass is 32.2. The third kappa shape index (κ3) is 3.12. The Labute approximate surface area is 163 Å². The van der Waals surface area contributed by atoms with Gasteiger partial charge < -0.3 is 4.90 Å². The summed E-state index contributed by atoms with van der Waals surface area (Å²) < 4.78 is 1.94. The third-order valence-electron chi connectivity index (χ3n) is 3.94. The Hall–Kier alpha value is -2.27. The highest BCUT2D eigenvalue weighted by Gasteiger charge is 2.27. The molecule has 1 aliphatic rings. The zero-order chi connectivity index (χ0) is 18.1. The summed E-state index contributed by atoms with van der Waals surface area (Å²) in [4.78, 5) is 20.2. The number of nitriles is 1. The average Bonchev–Trinajstić information content (AvgIpc) is 3.22. The van der Waals surface area contributed by atoms with Crippen LogP contribution in [0.4, 0.5) is 5.69 Å². The predicted molar refractivity (Wildman–Crippen MR) is 109 cm³/mol. The van der Waals surface area contributed by atoms with E-state index >= 15 is 0 Å². The van der Waals surface area contributed by atoms with Gasteiger partial charge in [-0.15, -0.1) is 11.3 Å². The first-order chi connectivity index (χ1) is 12.7. The van der Waals surface area contributed by atoms with Crippen LogP contribution in [0, 0.1) is 11.3 Å². The van der Waals surface area contributed by atoms with Crippen LogP contribution < -0.4 is 4.90 Å². The van der Waals surface area contributed by atoms with Crippen molar-refractivity contribution in [1.29, 1.82) is 5.26 Å². The van der Waals surface area contributed by atoms with E-state index in [2.05, 4.69) is 11.1 Å². The second kappa shape index (κ2) is 7.16. The zero-order valence-electron chi connectivity index (χ0n) is 13.8. The monoisotopic (exact) mass is 395 g/mol. The van der Waals surface area contributed by atoms with Crippen molar-refractivity contribution < 1.29 is 4.79 Å². The normalized spacial score (nSPS) is 15.0. The molecule has 0 bridgehead atoms. The SMILES string of the molecule is CN1/C(=C(\C#N)C(=O)CSc2nc3ccccc3s2)Sc2ccccc21. The van der Waals surface area contributed by atoms with Gasteiger partial charge in [0.05, 0.1) is 21.7 Å². The number of thiazole rings is 1. The summed E-state index contributed by atoms with van der Waals surface area (Å²) in [5.74, 6) is 0.0376. The quantitative estimate of drug-likeness (QED) is 0.354. The molecule has 0 fully saturated rings. The maximum absolute atomic E-state index is 12.7. The summed E-state index contributed by atoms with van der Waals surface area (Å²) in [6, 6.07) is 17.9. The zero-order valence-corrected chi connectivity index (χ0v) is 16.3. The summed E-state index contributed by atoms with van der Waals surface area (Å²) in [7, 11) is 1.89. The molecule has 0 aliphatic carbocycles. The van der Waals surface area contributed by atoms with Gasteiger partial charge in [0.1, 0.15) is 16.7 Å². The number of hydrogen-bond donors (Lipinski definition) is 0. The van der Waals surface area contributed by atoms with E-state index < -0.39 is 0 Å². The minimum Gasteiger partial charge on any atom is -0.337 e. The molecular formula is C19H13N3OS3. The summed E-state index contributed by atoms with van der Waals surface area (Å²) in [5.41, 5.74) is 2.17. The molecule has 1 aromatic heterocycles. The highest BCUT2D eigenvalue weighted by molar-refractivity contribution is 8.04. The number of Topliss-reactive ketones (excluding diaryl/α,β-unsaturated/α-hetero) is 1. The molecule has 0 N–H and O–H groups in total. The van der Waals surface area contributed by atoms with Crippen LogP contribution in [0.2, 0.25) is 0 Å². The maximum Gasteiger partial charge on any atom is 0.186 e. The first-order valence-electron chi connectivity index (χ1n) is 7.84. The Morgan fingerprint density at radius 3 is 2.77 bits per heavy atom. The fourth-order valence-electron chi connectivity index (χ4n) is 2.66. The van der Waals surface area contributed by atoms with Crippen LogP contribution in [0.5, 0.6) is 0 Å². The average molecular weight is 396 g/mol. The molecule has 0 spiro atoms. The van der Waals surface area contributed by atoms with E-state index in [9.17, 15) is 10.1 Å². The van der Waals surface area contributed by atoms with Crippen molar-refractivity contribution >= 4 is 56.5 Å². The van der Waals surface area contributed by atoms with Crippen molar-refractivity contribution in [3.05, 3.63) is 59.1 Å². The van der Waals surface area contributed by atoms with Crippen LogP contribution in [0.3, 0.4) is 0 Å². The Bertz CT molecular complexity index is 1050. The van der Waals surface area contributed by atoms with E-state index in [1.165, 1.54) is 23.5 Å². The van der Waals surface area contributed by atoms with Crippen LogP contribution >= 0.6 is 34.9 Å². The number of ketones is 1. The minimum absolute atomic E-state index is 0.168. The molecule has 4 rings (SSSR count). The Balaban J connectivity index is 1.54. The molecule has 4 nitrogen and oxygen atoms in total. The van der Waals surface area contributed by atoms with E-state index in [-0.39, 0.29) is 17.1 Å². The Morgan fingerprint density at radius 2 is 2.00 bits per heavy atom. The number of para-hydroxylation sites is 2. The molecule has 1 aliphatic heterocycles. The van der Waals surface area contributed by atoms with Gasteiger partial charge in [-0.05, 0) is 24.3 Å². The van der Waals surface area contributed by atoms with Gasteiger partial charge in [0.15, 0.2) is 10.1 Å². The molecule has 0 unspecified atom stereocenters. The first kappa shape index (κ1) is 17.2. The standard InChI is InChI=1S/C19H13N3OS3/c1-22-14-7-3-5-9-17(14)25-18(22)12(10-20)15(23)11-24-19-21-13-6-2-4-8-16(13)26-19/h2-9H,11H2,1H3/b18-12-. The van der Waals surface area contributed by atoms with E-state index in [0.29, 0.717) is 5.03 Å². The number of fused-ring (bicyclic) bond motifs is 2. The number of benzene rings is 2. The number of carbonyl (C=O) groups is 1. The summed E-state index contributed by atoms with van der Waals surface area (Å²) in [5, 5.41) is 10.3. The van der Waals surface area contributed by atoms with Crippen LogP contribution in [-0.4, -0.2) is 23.6 Å². The smallest absolute Gasteiger partial charge is 0.186 e. The van der Waals surface area contributed by atoms with Crippen molar-refractivity contribution in [2.24, 2.45) is 0 Å². The van der Waals surface area contributed by atoms with Gasteiger partial charge in [-0.2, -0.15) is 5.26 Å². The van der Waals surface area contributed by atoms with Crippen molar-refractivity contribution in [1.82, 2.24) is 4.98 Å². The van der Waals surface area contributed by atoms with Crippen molar-refractivity contribution in [2.45, 2.75) is 9.24 Å². The molecule has 0 saturated heterocycles. The van der Waals surface area contributed by atoms with Crippen LogP contribution in [0.25, 0.3) is 10.2 Å². The fourth-order valence-corrected chi connectivity index (χ4v) is 5.76. The van der Waals surface area contributed by atoms with Crippen molar-refractivity contribution in [3.8, 4) is 6.07 Å². The number of allylic oxidation sites excluding steroid dienone is 1. The number of nitrogens with zero attached hydrogens (tertiary/aromatic N) is 3. The molecule has 0 radical (unpaired) electrons. The van der Waals surface area contributed by atoms with Gasteiger partial charge in [0.25, 0.3) is 0 Å². The fraction of sp³-hybridized carbons (Fsp3) is 0.105. The lowest BCUT2D eigenvalue weighted by Crippen LogP contribution is -2.16. The molecule has 0 saturated carbocycles. The Kier molecular flexibility index (Phi) is 4.72. The molecule has 128 valence electrons. The molecular weight excluding hydrogens is 382 g/mol. The van der Waals surface area contributed by atoms with Gasteiger partial charge in [0.2, 0.25) is 0 Å². The van der Waals surface area contributed by atoms with Crippen molar-refractivity contribution in [2.75, 3.05) is 17.7 Å². The molecule has 3 aromatic rings. The lowest BCUT2D eigenvalue weighted by molar-refractivity contribution is -0.112. The van der Waals surface area contributed by atoms with Gasteiger partial charge in [-0.25, -0.2) is 4.98 Å². The predicted octanol–water partition coefficient (Wildman–Crippen LogP) is 4.93. The van der Waals surface area contributed by atoms with E-state index in [4.69, 9.17) is 0 Å². The number of carbonyl (C=O) groups excluding carboxylic acids is 1. The number of aromatic nitrogens is 1. The van der Waals surface area contributed by atoms with Gasteiger partial charge >= 0.3 is 0 Å². The first-order valence-corrected chi connectivity index (χ1v) is 10.5. The number of anilines is 1. The molecule has 7 heteroatoms. The third-order valence-corrected chi connectivity index (χ3v) is 7.36. The van der Waals surface area contributed by atoms with Crippen LogP contribution in [0.15, 0.2) is 68.4 Å². The number of hydrogen-bond acceptors (Lipinski definition) is 7. The van der Waals surface area contributed by atoms with Crippen LogP contribution in [0.1, 0.15) is 0 Å². The van der Waals surface area contributed by atoms with Crippen LogP contribution in [-0.2, 0) is 4.79 Å². The molecule has 0 atom stereocenters. The number of rotatable bonds is 4. The summed E-state index contributed by atoms with van der Waals surface area (Å²) in [6.45, 7) is 0. The summed E-state index contributed by atoms with van der Waals surface area (Å²) >= 11 is 4.42. The second-order valence-corrected chi connectivity index (χ2v) is 8.86. The molecule has 26 heavy (non-hydrogen) atoms. The van der Waals surface area contributed by atoms with Gasteiger partial charge in [0, 0.05) is 11.9 Å². The lowest BCUT2D eigenvalue weighted by Gasteiger charge is -2.14. The Morgan fingerprint density at radius 1 is 1.23 bits per heavy atom. The minimum atomic E-state index is -0.168. The number of thioether (sulfide) groups is 2. The largest absolute Gasteiger partial charge is 0.337 e. The topological polar surface area (TPSA) is 57.0 Å². The molecule has 2 heterocycles. The molecule has 2 aromatic carbocycles. The van der Waals surface area contributed by atoms with E-state index in [0.717, 1.165) is 25.1 Å². The lowest BCUT2D eigenvalue weighted by atomic mass is 10.2.